The van der Waals surface area contributed by atoms with E-state index in [0.717, 1.165) is 27.9 Å². The van der Waals surface area contributed by atoms with E-state index in [9.17, 15) is 4.39 Å². The molecule has 8 aromatic rings. The summed E-state index contributed by atoms with van der Waals surface area (Å²) in [6, 6.07) is 51.6. The van der Waals surface area contributed by atoms with Crippen LogP contribution in [-0.2, 0) is 0 Å². The third-order valence-corrected chi connectivity index (χ3v) is 10.3. The van der Waals surface area contributed by atoms with Crippen LogP contribution in [0.1, 0.15) is 45.2 Å². The van der Waals surface area contributed by atoms with Gasteiger partial charge in [0.15, 0.2) is 0 Å². The van der Waals surface area contributed by atoms with E-state index in [2.05, 4.69) is 133 Å². The lowest BCUT2D eigenvalue weighted by Gasteiger charge is -2.15. The van der Waals surface area contributed by atoms with Gasteiger partial charge in [0, 0.05) is 28.7 Å². The Hall–Kier alpha value is -5.80. The number of hydrogen-bond acceptors (Lipinski definition) is 0. The number of benzene rings is 7. The van der Waals surface area contributed by atoms with Gasteiger partial charge in [-0.15, -0.1) is 0 Å². The van der Waals surface area contributed by atoms with E-state index in [1.54, 1.807) is 0 Å². The lowest BCUT2D eigenvalue weighted by molar-refractivity contribution is 0.579. The summed E-state index contributed by atoms with van der Waals surface area (Å²) in [6.07, 6.45) is 0. The van der Waals surface area contributed by atoms with Crippen LogP contribution in [0.2, 0.25) is 0 Å². The van der Waals surface area contributed by atoms with Gasteiger partial charge in [0.2, 0.25) is 0 Å². The molecule has 7 aromatic carbocycles. The van der Waals surface area contributed by atoms with Gasteiger partial charge in [-0.1, -0.05) is 109 Å². The van der Waals surface area contributed by atoms with E-state index in [1.807, 2.05) is 4.57 Å². The van der Waals surface area contributed by atoms with E-state index in [1.165, 1.54) is 67.8 Å². The van der Waals surface area contributed by atoms with Gasteiger partial charge >= 0.3 is 0 Å². The van der Waals surface area contributed by atoms with Crippen molar-refractivity contribution < 1.29 is 8.78 Å². The minimum Gasteiger partial charge on any atom is -0.306 e. The van der Waals surface area contributed by atoms with E-state index in [-0.39, 0.29) is 11.8 Å². The summed E-state index contributed by atoms with van der Waals surface area (Å²) in [7, 11) is 0. The van der Waals surface area contributed by atoms with Gasteiger partial charge in [-0.3, -0.25) is 0 Å². The molecule has 1 heterocycles. The molecule has 47 heavy (non-hydrogen) atoms. The molecule has 10 rings (SSSR count). The first-order valence-electron chi connectivity index (χ1n) is 16.1. The largest absolute Gasteiger partial charge is 0.306 e. The van der Waals surface area contributed by atoms with Crippen molar-refractivity contribution in [3.63, 3.8) is 0 Å². The topological polar surface area (TPSA) is 4.93 Å². The molecular weight excluding hydrogens is 580 g/mol. The van der Waals surface area contributed by atoms with Crippen LogP contribution in [0, 0.1) is 11.6 Å². The standard InChI is InChI=1S/C44H27F2N/c45-28-19-22-42(39(46)25-28)47-40-20-17-26(43-33-13-5-1-9-29(33)30-10-2-6-14-34(30)43)23-37(40)38-24-27(18-21-41(38)47)44-35-15-7-3-11-31(35)32-12-4-8-16-36(32)44/h1-25,43-44H. The summed E-state index contributed by atoms with van der Waals surface area (Å²) in [6.45, 7) is 0. The predicted molar refractivity (Wildman–Crippen MR) is 186 cm³/mol. The maximum atomic E-state index is 15.5. The number of hydrogen-bond donors (Lipinski definition) is 0. The van der Waals surface area contributed by atoms with Crippen molar-refractivity contribution in [1.82, 2.24) is 4.57 Å². The van der Waals surface area contributed by atoms with Gasteiger partial charge in [0.05, 0.1) is 16.7 Å². The lowest BCUT2D eigenvalue weighted by Crippen LogP contribution is -2.01. The maximum absolute atomic E-state index is 15.5. The number of halogens is 2. The zero-order valence-corrected chi connectivity index (χ0v) is 25.3. The summed E-state index contributed by atoms with van der Waals surface area (Å²) in [4.78, 5) is 0. The third-order valence-electron chi connectivity index (χ3n) is 10.3. The van der Waals surface area contributed by atoms with Crippen molar-refractivity contribution in [3.8, 4) is 27.9 Å². The second-order valence-electron chi connectivity index (χ2n) is 12.7. The molecule has 0 atom stereocenters. The second kappa shape index (κ2) is 9.85. The van der Waals surface area contributed by atoms with Crippen molar-refractivity contribution in [2.75, 3.05) is 0 Å². The van der Waals surface area contributed by atoms with Crippen molar-refractivity contribution in [3.05, 3.63) is 197 Å². The van der Waals surface area contributed by atoms with E-state index >= 15 is 4.39 Å². The minimum atomic E-state index is -0.589. The van der Waals surface area contributed by atoms with Crippen LogP contribution in [0.3, 0.4) is 0 Å². The van der Waals surface area contributed by atoms with Crippen molar-refractivity contribution >= 4 is 21.8 Å². The zero-order valence-electron chi connectivity index (χ0n) is 25.3. The van der Waals surface area contributed by atoms with Gasteiger partial charge in [0.25, 0.3) is 0 Å². The van der Waals surface area contributed by atoms with Crippen LogP contribution < -0.4 is 0 Å². The monoisotopic (exact) mass is 607 g/mol. The number of fused-ring (bicyclic) bond motifs is 9. The summed E-state index contributed by atoms with van der Waals surface area (Å²) < 4.78 is 31.6. The molecule has 0 saturated heterocycles. The van der Waals surface area contributed by atoms with Crippen molar-refractivity contribution in [1.29, 1.82) is 0 Å². The molecule has 0 radical (unpaired) electrons. The molecule has 3 heteroatoms. The average Bonchev–Trinajstić information content (AvgIpc) is 3.74. The second-order valence-corrected chi connectivity index (χ2v) is 12.7. The van der Waals surface area contributed by atoms with Crippen LogP contribution in [0.25, 0.3) is 49.7 Å². The summed E-state index contributed by atoms with van der Waals surface area (Å²) in [5, 5.41) is 2.09. The molecule has 0 amide bonds. The smallest absolute Gasteiger partial charge is 0.150 e. The van der Waals surface area contributed by atoms with Crippen LogP contribution in [0.5, 0.6) is 0 Å². The number of aromatic nitrogens is 1. The first-order valence-corrected chi connectivity index (χ1v) is 16.1. The Bertz CT molecular complexity index is 2330. The summed E-state index contributed by atoms with van der Waals surface area (Å²) in [5.41, 5.74) is 14.7. The van der Waals surface area contributed by atoms with Crippen LogP contribution in [0.4, 0.5) is 8.78 Å². The van der Waals surface area contributed by atoms with E-state index < -0.39 is 11.6 Å². The van der Waals surface area contributed by atoms with E-state index in [0.29, 0.717) is 5.69 Å². The van der Waals surface area contributed by atoms with Crippen molar-refractivity contribution in [2.24, 2.45) is 0 Å². The SMILES string of the molecule is Fc1ccc(-n2c3ccc(C4c5ccccc5-c5ccccc54)cc3c3cc(C4c5ccccc5-c5ccccc54)ccc32)c(F)c1. The van der Waals surface area contributed by atoms with Gasteiger partial charge in [-0.25, -0.2) is 8.78 Å². The first-order chi connectivity index (χ1) is 23.2. The third kappa shape index (κ3) is 3.74. The van der Waals surface area contributed by atoms with Gasteiger partial charge in [-0.2, -0.15) is 0 Å². The molecule has 2 aliphatic carbocycles. The fraction of sp³-hybridized carbons (Fsp3) is 0.0455. The zero-order chi connectivity index (χ0) is 31.2. The normalized spacial score (nSPS) is 13.6. The molecule has 0 fully saturated rings. The van der Waals surface area contributed by atoms with Gasteiger partial charge in [-0.05, 0) is 92.0 Å². The first kappa shape index (κ1) is 26.4. The lowest BCUT2D eigenvalue weighted by atomic mass is 9.87. The minimum absolute atomic E-state index is 0.0875. The maximum Gasteiger partial charge on any atom is 0.150 e. The quantitative estimate of drug-likeness (QED) is 0.188. The highest BCUT2D eigenvalue weighted by Gasteiger charge is 2.32. The van der Waals surface area contributed by atoms with Gasteiger partial charge in [0.1, 0.15) is 11.6 Å². The Kier molecular flexibility index (Phi) is 5.54. The number of nitrogens with zero attached hydrogens (tertiary/aromatic N) is 1. The Morgan fingerprint density at radius 1 is 0.404 bits per heavy atom. The highest BCUT2D eigenvalue weighted by molar-refractivity contribution is 6.10. The molecule has 0 bridgehead atoms. The van der Waals surface area contributed by atoms with Crippen LogP contribution >= 0.6 is 0 Å². The molecule has 0 aliphatic heterocycles. The van der Waals surface area contributed by atoms with E-state index in [4.69, 9.17) is 0 Å². The molecule has 0 unspecified atom stereocenters. The molecule has 1 aromatic heterocycles. The summed E-state index contributed by atoms with van der Waals surface area (Å²) in [5.74, 6) is -1.00. The Balaban J connectivity index is 1.24. The van der Waals surface area contributed by atoms with Crippen LogP contribution in [-0.4, -0.2) is 4.57 Å². The Labute approximate surface area is 271 Å². The fourth-order valence-electron chi connectivity index (χ4n) is 8.37. The molecule has 1 nitrogen and oxygen atoms in total. The van der Waals surface area contributed by atoms with Crippen molar-refractivity contribution in [2.45, 2.75) is 11.8 Å². The molecular formula is C44H27F2N. The molecule has 0 saturated carbocycles. The van der Waals surface area contributed by atoms with Crippen LogP contribution in [0.15, 0.2) is 152 Å². The Morgan fingerprint density at radius 3 is 1.21 bits per heavy atom. The molecule has 2 aliphatic rings. The van der Waals surface area contributed by atoms with Gasteiger partial charge < -0.3 is 4.57 Å². The molecule has 0 N–H and O–H groups in total. The number of rotatable bonds is 3. The average molecular weight is 608 g/mol. The Morgan fingerprint density at radius 2 is 0.809 bits per heavy atom. The summed E-state index contributed by atoms with van der Waals surface area (Å²) >= 11 is 0. The highest BCUT2D eigenvalue weighted by Crippen LogP contribution is 2.50. The molecule has 222 valence electrons. The fourth-order valence-corrected chi connectivity index (χ4v) is 8.37. The predicted octanol–water partition coefficient (Wildman–Crippen LogP) is 11.4. The highest BCUT2D eigenvalue weighted by atomic mass is 19.1. The molecule has 0 spiro atoms.